The monoisotopic (exact) mass is 208 g/mol. The molecule has 4 heteroatoms. The lowest BCUT2D eigenvalue weighted by Crippen LogP contribution is -2.10. The molecule has 0 spiro atoms. The van der Waals surface area contributed by atoms with Crippen molar-refractivity contribution in [2.45, 2.75) is 32.7 Å². The van der Waals surface area contributed by atoms with Crippen molar-refractivity contribution in [1.82, 2.24) is 9.78 Å². The first kappa shape index (κ1) is 10.4. The SMILES string of the molecule is COCCn1nc2c(c1C)C(=O)CCC2. The molecule has 0 unspecified atom stereocenters. The molecule has 0 amide bonds. The predicted octanol–water partition coefficient (Wildman–Crippen LogP) is 1.36. The van der Waals surface area contributed by atoms with E-state index in [0.29, 0.717) is 13.0 Å². The van der Waals surface area contributed by atoms with Crippen LogP contribution in [0.25, 0.3) is 0 Å². The van der Waals surface area contributed by atoms with Crippen molar-refractivity contribution in [1.29, 1.82) is 0 Å². The molecule has 0 N–H and O–H groups in total. The molecule has 1 aromatic rings. The molecule has 0 aliphatic heterocycles. The molecule has 1 heterocycles. The lowest BCUT2D eigenvalue weighted by Gasteiger charge is -2.08. The van der Waals surface area contributed by atoms with Gasteiger partial charge in [-0.15, -0.1) is 0 Å². The highest BCUT2D eigenvalue weighted by atomic mass is 16.5. The first-order chi connectivity index (χ1) is 7.24. The highest BCUT2D eigenvalue weighted by Crippen LogP contribution is 2.23. The van der Waals surface area contributed by atoms with Crippen LogP contribution < -0.4 is 0 Å². The van der Waals surface area contributed by atoms with Gasteiger partial charge in [0.05, 0.1) is 24.4 Å². The minimum atomic E-state index is 0.248. The van der Waals surface area contributed by atoms with Crippen LogP contribution in [-0.4, -0.2) is 29.3 Å². The van der Waals surface area contributed by atoms with Crippen LogP contribution in [0.2, 0.25) is 0 Å². The maximum atomic E-state index is 11.7. The van der Waals surface area contributed by atoms with Gasteiger partial charge in [-0.25, -0.2) is 0 Å². The van der Waals surface area contributed by atoms with Crippen LogP contribution in [0.1, 0.15) is 34.6 Å². The quantitative estimate of drug-likeness (QED) is 0.753. The molecule has 0 atom stereocenters. The topological polar surface area (TPSA) is 44.1 Å². The van der Waals surface area contributed by atoms with E-state index in [4.69, 9.17) is 4.74 Å². The first-order valence-corrected chi connectivity index (χ1v) is 5.32. The first-order valence-electron chi connectivity index (χ1n) is 5.32. The molecule has 4 nitrogen and oxygen atoms in total. The maximum Gasteiger partial charge on any atom is 0.166 e. The van der Waals surface area contributed by atoms with Crippen LogP contribution in [0.4, 0.5) is 0 Å². The molecule has 15 heavy (non-hydrogen) atoms. The Kier molecular flexibility index (Phi) is 2.86. The Morgan fingerprint density at radius 1 is 1.47 bits per heavy atom. The number of ketones is 1. The number of hydrogen-bond donors (Lipinski definition) is 0. The number of hydrogen-bond acceptors (Lipinski definition) is 3. The van der Waals surface area contributed by atoms with Crippen LogP contribution in [-0.2, 0) is 17.7 Å². The van der Waals surface area contributed by atoms with E-state index < -0.39 is 0 Å². The molecule has 0 bridgehead atoms. The molecule has 82 valence electrons. The molecule has 0 saturated carbocycles. The van der Waals surface area contributed by atoms with Crippen LogP contribution in [0.5, 0.6) is 0 Å². The normalized spacial score (nSPS) is 15.5. The van der Waals surface area contributed by atoms with Gasteiger partial charge in [-0.3, -0.25) is 9.48 Å². The average Bonchev–Trinajstić information content (AvgIpc) is 2.54. The number of rotatable bonds is 3. The summed E-state index contributed by atoms with van der Waals surface area (Å²) in [6, 6.07) is 0. The summed E-state index contributed by atoms with van der Waals surface area (Å²) in [5.41, 5.74) is 2.82. The number of Topliss-reactive ketones (excluding diaryl/α,β-unsaturated/α-hetero) is 1. The Labute approximate surface area is 89.2 Å². The number of ether oxygens (including phenoxy) is 1. The van der Waals surface area contributed by atoms with Gasteiger partial charge in [0.1, 0.15) is 0 Å². The van der Waals surface area contributed by atoms with Gasteiger partial charge in [-0.1, -0.05) is 0 Å². The second-order valence-corrected chi connectivity index (χ2v) is 3.90. The van der Waals surface area contributed by atoms with Gasteiger partial charge in [0.2, 0.25) is 0 Å². The fraction of sp³-hybridized carbons (Fsp3) is 0.636. The summed E-state index contributed by atoms with van der Waals surface area (Å²) < 4.78 is 6.90. The van der Waals surface area contributed by atoms with Crippen LogP contribution in [0.3, 0.4) is 0 Å². The lowest BCUT2D eigenvalue weighted by atomic mass is 9.95. The lowest BCUT2D eigenvalue weighted by molar-refractivity contribution is 0.0971. The van der Waals surface area contributed by atoms with E-state index in [9.17, 15) is 4.79 Å². The van der Waals surface area contributed by atoms with Crippen molar-refractivity contribution < 1.29 is 9.53 Å². The molecule has 2 rings (SSSR count). The number of aromatic nitrogens is 2. The predicted molar refractivity (Wildman–Crippen MR) is 56.1 cm³/mol. The summed E-state index contributed by atoms with van der Waals surface area (Å²) in [6.45, 7) is 3.32. The molecule has 1 aromatic heterocycles. The average molecular weight is 208 g/mol. The highest BCUT2D eigenvalue weighted by molar-refractivity contribution is 5.99. The Bertz CT molecular complexity index is 382. The minimum Gasteiger partial charge on any atom is -0.383 e. The van der Waals surface area contributed by atoms with E-state index in [2.05, 4.69) is 5.10 Å². The summed E-state index contributed by atoms with van der Waals surface area (Å²) in [4.78, 5) is 11.7. The van der Waals surface area contributed by atoms with Gasteiger partial charge < -0.3 is 4.74 Å². The number of nitrogens with zero attached hydrogens (tertiary/aromatic N) is 2. The van der Waals surface area contributed by atoms with E-state index in [1.165, 1.54) is 0 Å². The fourth-order valence-electron chi connectivity index (χ4n) is 2.08. The summed E-state index contributed by atoms with van der Waals surface area (Å²) in [5.74, 6) is 0.248. The van der Waals surface area contributed by atoms with E-state index in [1.807, 2.05) is 11.6 Å². The van der Waals surface area contributed by atoms with Crippen molar-refractivity contribution in [3.8, 4) is 0 Å². The molecular formula is C11H16N2O2. The Balaban J connectivity index is 2.31. The number of aryl methyl sites for hydroxylation is 1. The summed E-state index contributed by atoms with van der Waals surface area (Å²) in [7, 11) is 1.67. The molecule has 1 aliphatic rings. The summed E-state index contributed by atoms with van der Waals surface area (Å²) >= 11 is 0. The smallest absolute Gasteiger partial charge is 0.166 e. The van der Waals surface area contributed by atoms with Crippen LogP contribution in [0, 0.1) is 6.92 Å². The molecule has 0 fully saturated rings. The van der Waals surface area contributed by atoms with E-state index >= 15 is 0 Å². The Morgan fingerprint density at radius 2 is 2.27 bits per heavy atom. The van der Waals surface area contributed by atoms with Gasteiger partial charge in [-0.2, -0.15) is 5.10 Å². The fourth-order valence-corrected chi connectivity index (χ4v) is 2.08. The minimum absolute atomic E-state index is 0.248. The Hall–Kier alpha value is -1.16. The van der Waals surface area contributed by atoms with Gasteiger partial charge in [0, 0.05) is 19.2 Å². The number of carbonyl (C=O) groups excluding carboxylic acids is 1. The third kappa shape index (κ3) is 1.81. The van der Waals surface area contributed by atoms with Crippen molar-refractivity contribution in [2.24, 2.45) is 0 Å². The molecule has 0 saturated heterocycles. The van der Waals surface area contributed by atoms with E-state index in [-0.39, 0.29) is 5.78 Å². The molecular weight excluding hydrogens is 192 g/mol. The van der Waals surface area contributed by atoms with Crippen molar-refractivity contribution in [3.63, 3.8) is 0 Å². The largest absolute Gasteiger partial charge is 0.383 e. The van der Waals surface area contributed by atoms with E-state index in [0.717, 1.165) is 36.3 Å². The number of fused-ring (bicyclic) bond motifs is 1. The van der Waals surface area contributed by atoms with Gasteiger partial charge in [0.15, 0.2) is 5.78 Å². The third-order valence-corrected chi connectivity index (χ3v) is 2.88. The number of methoxy groups -OCH3 is 1. The maximum absolute atomic E-state index is 11.7. The summed E-state index contributed by atoms with van der Waals surface area (Å²) in [5, 5.41) is 4.45. The van der Waals surface area contributed by atoms with Gasteiger partial charge in [0.25, 0.3) is 0 Å². The van der Waals surface area contributed by atoms with Crippen molar-refractivity contribution in [3.05, 3.63) is 17.0 Å². The third-order valence-electron chi connectivity index (χ3n) is 2.88. The molecule has 0 aromatic carbocycles. The zero-order chi connectivity index (χ0) is 10.8. The molecule has 1 aliphatic carbocycles. The van der Waals surface area contributed by atoms with Crippen LogP contribution in [0.15, 0.2) is 0 Å². The van der Waals surface area contributed by atoms with E-state index in [1.54, 1.807) is 7.11 Å². The highest BCUT2D eigenvalue weighted by Gasteiger charge is 2.24. The molecule has 0 radical (unpaired) electrons. The second-order valence-electron chi connectivity index (χ2n) is 3.90. The zero-order valence-corrected chi connectivity index (χ0v) is 9.25. The number of carbonyl (C=O) groups is 1. The van der Waals surface area contributed by atoms with Gasteiger partial charge in [-0.05, 0) is 19.8 Å². The van der Waals surface area contributed by atoms with Crippen molar-refractivity contribution >= 4 is 5.78 Å². The van der Waals surface area contributed by atoms with Crippen molar-refractivity contribution in [2.75, 3.05) is 13.7 Å². The van der Waals surface area contributed by atoms with Gasteiger partial charge >= 0.3 is 0 Å². The Morgan fingerprint density at radius 3 is 2.93 bits per heavy atom. The standard InChI is InChI=1S/C11H16N2O2/c1-8-11-9(4-3-5-10(11)14)12-13(8)6-7-15-2/h3-7H2,1-2H3. The zero-order valence-electron chi connectivity index (χ0n) is 9.25. The van der Waals surface area contributed by atoms with Crippen LogP contribution >= 0.6 is 0 Å². The summed E-state index contributed by atoms with van der Waals surface area (Å²) in [6.07, 6.45) is 2.54. The second kappa shape index (κ2) is 4.14.